The first-order valence-electron chi connectivity index (χ1n) is 7.10. The number of nitrogens with zero attached hydrogens (tertiary/aromatic N) is 4. The molecule has 2 aromatic rings. The van der Waals surface area contributed by atoms with Gasteiger partial charge in [0.25, 0.3) is 0 Å². The summed E-state index contributed by atoms with van der Waals surface area (Å²) >= 11 is 6.36. The maximum atomic E-state index is 6.36. The van der Waals surface area contributed by atoms with E-state index in [4.69, 9.17) is 11.6 Å². The van der Waals surface area contributed by atoms with Crippen LogP contribution in [-0.2, 0) is 13.6 Å². The van der Waals surface area contributed by atoms with Crippen molar-refractivity contribution >= 4 is 11.6 Å². The molecule has 0 aliphatic carbocycles. The van der Waals surface area contributed by atoms with E-state index in [9.17, 15) is 0 Å². The fourth-order valence-electron chi connectivity index (χ4n) is 2.30. The maximum Gasteiger partial charge on any atom is 0.131 e. The van der Waals surface area contributed by atoms with Gasteiger partial charge in [-0.15, -0.1) is 0 Å². The number of halogens is 1. The summed E-state index contributed by atoms with van der Waals surface area (Å²) in [6.45, 7) is 6.05. The molecule has 0 aliphatic rings. The summed E-state index contributed by atoms with van der Waals surface area (Å²) in [5, 5.41) is 8.60. The summed E-state index contributed by atoms with van der Waals surface area (Å²) in [5.74, 6) is 0.957. The molecule has 1 unspecified atom stereocenters. The molecule has 0 fully saturated rings. The van der Waals surface area contributed by atoms with Crippen LogP contribution in [-0.4, -0.2) is 25.9 Å². The molecule has 1 atom stereocenters. The van der Waals surface area contributed by atoms with Gasteiger partial charge < -0.3 is 9.88 Å². The largest absolute Gasteiger partial charge is 0.336 e. The van der Waals surface area contributed by atoms with Gasteiger partial charge in [-0.25, -0.2) is 4.98 Å². The SMILES string of the molecule is CCCNC(c1nccn1C)c1c(Cl)cnn1CCC. The number of nitrogens with one attached hydrogen (secondary N) is 1. The average molecular weight is 296 g/mol. The van der Waals surface area contributed by atoms with E-state index < -0.39 is 0 Å². The Balaban J connectivity index is 2.41. The molecule has 0 saturated heterocycles. The first-order valence-corrected chi connectivity index (χ1v) is 7.48. The molecule has 0 bridgehead atoms. The smallest absolute Gasteiger partial charge is 0.131 e. The third kappa shape index (κ3) is 3.04. The second-order valence-corrected chi connectivity index (χ2v) is 5.29. The zero-order valence-corrected chi connectivity index (χ0v) is 13.1. The number of aromatic nitrogens is 4. The van der Waals surface area contributed by atoms with E-state index in [0.29, 0.717) is 5.02 Å². The van der Waals surface area contributed by atoms with Crippen LogP contribution >= 0.6 is 11.6 Å². The quantitative estimate of drug-likeness (QED) is 0.854. The van der Waals surface area contributed by atoms with Crippen LogP contribution in [0.4, 0.5) is 0 Å². The summed E-state index contributed by atoms with van der Waals surface area (Å²) in [5.41, 5.74) is 0.997. The molecule has 0 aromatic carbocycles. The van der Waals surface area contributed by atoms with Gasteiger partial charge in [0.1, 0.15) is 11.9 Å². The summed E-state index contributed by atoms with van der Waals surface area (Å²) in [6.07, 6.45) is 7.55. The van der Waals surface area contributed by atoms with Crippen molar-refractivity contribution in [2.75, 3.05) is 6.54 Å². The van der Waals surface area contributed by atoms with E-state index >= 15 is 0 Å². The van der Waals surface area contributed by atoms with Gasteiger partial charge in [0.15, 0.2) is 0 Å². The van der Waals surface area contributed by atoms with E-state index in [2.05, 4.69) is 29.2 Å². The maximum absolute atomic E-state index is 6.36. The van der Waals surface area contributed by atoms with Gasteiger partial charge in [-0.2, -0.15) is 5.10 Å². The number of hydrogen-bond acceptors (Lipinski definition) is 3. The highest BCUT2D eigenvalue weighted by atomic mass is 35.5. The van der Waals surface area contributed by atoms with Crippen LogP contribution in [0.5, 0.6) is 0 Å². The predicted octanol–water partition coefficient (Wildman–Crippen LogP) is 2.77. The van der Waals surface area contributed by atoms with Crippen LogP contribution < -0.4 is 5.32 Å². The van der Waals surface area contributed by atoms with Crippen LogP contribution in [0.25, 0.3) is 0 Å². The molecule has 2 heterocycles. The second-order valence-electron chi connectivity index (χ2n) is 4.88. The van der Waals surface area contributed by atoms with Crippen molar-refractivity contribution in [2.45, 2.75) is 39.3 Å². The molecule has 5 nitrogen and oxygen atoms in total. The monoisotopic (exact) mass is 295 g/mol. The van der Waals surface area contributed by atoms with Gasteiger partial charge in [-0.1, -0.05) is 25.4 Å². The van der Waals surface area contributed by atoms with Crippen molar-refractivity contribution < 1.29 is 0 Å². The van der Waals surface area contributed by atoms with Gasteiger partial charge in [0, 0.05) is 26.0 Å². The average Bonchev–Trinajstić information content (AvgIpc) is 3.00. The Morgan fingerprint density at radius 3 is 2.75 bits per heavy atom. The van der Waals surface area contributed by atoms with Crippen molar-refractivity contribution in [3.8, 4) is 0 Å². The fourth-order valence-corrected chi connectivity index (χ4v) is 2.55. The van der Waals surface area contributed by atoms with E-state index in [0.717, 1.165) is 37.4 Å². The lowest BCUT2D eigenvalue weighted by Crippen LogP contribution is -2.28. The zero-order chi connectivity index (χ0) is 14.5. The molecular weight excluding hydrogens is 274 g/mol. The highest BCUT2D eigenvalue weighted by molar-refractivity contribution is 6.31. The summed E-state index contributed by atoms with van der Waals surface area (Å²) in [6, 6.07) is -0.0310. The minimum Gasteiger partial charge on any atom is -0.336 e. The molecule has 0 aliphatic heterocycles. The van der Waals surface area contributed by atoms with Crippen molar-refractivity contribution in [1.29, 1.82) is 0 Å². The fraction of sp³-hybridized carbons (Fsp3) is 0.571. The Morgan fingerprint density at radius 1 is 1.35 bits per heavy atom. The van der Waals surface area contributed by atoms with Crippen LogP contribution in [0.3, 0.4) is 0 Å². The van der Waals surface area contributed by atoms with Gasteiger partial charge in [-0.05, 0) is 19.4 Å². The summed E-state index contributed by atoms with van der Waals surface area (Å²) in [7, 11) is 2.00. The van der Waals surface area contributed by atoms with Gasteiger partial charge in [-0.3, -0.25) is 4.68 Å². The first-order chi connectivity index (χ1) is 9.69. The van der Waals surface area contributed by atoms with Crippen molar-refractivity contribution in [3.63, 3.8) is 0 Å². The third-order valence-corrected chi connectivity index (χ3v) is 3.55. The minimum atomic E-state index is -0.0310. The number of aryl methyl sites for hydroxylation is 2. The van der Waals surface area contributed by atoms with Crippen LogP contribution in [0, 0.1) is 0 Å². The number of hydrogen-bond donors (Lipinski definition) is 1. The molecule has 2 aromatic heterocycles. The first kappa shape index (κ1) is 15.1. The lowest BCUT2D eigenvalue weighted by atomic mass is 10.1. The van der Waals surface area contributed by atoms with E-state index in [-0.39, 0.29) is 6.04 Å². The van der Waals surface area contributed by atoms with Crippen molar-refractivity contribution in [1.82, 2.24) is 24.6 Å². The molecule has 0 amide bonds. The molecule has 2 rings (SSSR count). The molecular formula is C14H22ClN5. The standard InChI is InChI=1S/C14H22ClN5/c1-4-6-16-12(14-17-7-9-19(14)3)13-11(15)10-18-20(13)8-5-2/h7,9-10,12,16H,4-6,8H2,1-3H3. The van der Waals surface area contributed by atoms with Crippen molar-refractivity contribution in [2.24, 2.45) is 7.05 Å². The van der Waals surface area contributed by atoms with Crippen LogP contribution in [0.2, 0.25) is 5.02 Å². The molecule has 0 saturated carbocycles. The van der Waals surface area contributed by atoms with Crippen LogP contribution in [0.15, 0.2) is 18.6 Å². The highest BCUT2D eigenvalue weighted by Gasteiger charge is 2.24. The summed E-state index contributed by atoms with van der Waals surface area (Å²) < 4.78 is 4.00. The topological polar surface area (TPSA) is 47.7 Å². The lowest BCUT2D eigenvalue weighted by molar-refractivity contribution is 0.490. The van der Waals surface area contributed by atoms with Gasteiger partial charge in [0.05, 0.1) is 16.9 Å². The van der Waals surface area contributed by atoms with Crippen LogP contribution in [0.1, 0.15) is 44.2 Å². The Morgan fingerprint density at radius 2 is 2.15 bits per heavy atom. The Bertz CT molecular complexity index is 546. The Kier molecular flexibility index (Phi) is 5.20. The van der Waals surface area contributed by atoms with E-state index in [1.807, 2.05) is 28.7 Å². The molecule has 20 heavy (non-hydrogen) atoms. The zero-order valence-electron chi connectivity index (χ0n) is 12.3. The highest BCUT2D eigenvalue weighted by Crippen LogP contribution is 2.27. The van der Waals surface area contributed by atoms with E-state index in [1.165, 1.54) is 0 Å². The molecule has 110 valence electrons. The molecule has 1 N–H and O–H groups in total. The minimum absolute atomic E-state index is 0.0310. The predicted molar refractivity (Wildman–Crippen MR) is 80.9 cm³/mol. The molecule has 0 spiro atoms. The third-order valence-electron chi connectivity index (χ3n) is 3.26. The normalized spacial score (nSPS) is 12.8. The number of imidazole rings is 1. The number of rotatable bonds is 7. The Hall–Kier alpha value is -1.33. The lowest BCUT2D eigenvalue weighted by Gasteiger charge is -2.20. The molecule has 0 radical (unpaired) electrons. The Labute approximate surface area is 125 Å². The summed E-state index contributed by atoms with van der Waals surface area (Å²) in [4.78, 5) is 4.47. The van der Waals surface area contributed by atoms with Gasteiger partial charge >= 0.3 is 0 Å². The van der Waals surface area contributed by atoms with Crippen molar-refractivity contribution in [3.05, 3.63) is 35.1 Å². The second kappa shape index (κ2) is 6.90. The molecule has 6 heteroatoms. The van der Waals surface area contributed by atoms with E-state index in [1.54, 1.807) is 6.20 Å². The van der Waals surface area contributed by atoms with Gasteiger partial charge in [0.2, 0.25) is 0 Å².